The van der Waals surface area contributed by atoms with Crippen LogP contribution in [0.5, 0.6) is 11.5 Å². The number of phenols is 2. The van der Waals surface area contributed by atoms with Crippen LogP contribution in [0.15, 0.2) is 84.9 Å². The van der Waals surface area contributed by atoms with Gasteiger partial charge in [-0.3, -0.25) is 0 Å². The zero-order chi connectivity index (χ0) is 47.3. The van der Waals surface area contributed by atoms with E-state index in [1.54, 1.807) is 0 Å². The van der Waals surface area contributed by atoms with Gasteiger partial charge in [0.05, 0.1) is 0 Å². The topological polar surface area (TPSA) is 40.5 Å². The number of benzene rings is 4. The Morgan fingerprint density at radius 2 is 0.841 bits per heavy atom. The number of hydrogen-bond acceptors (Lipinski definition) is 2. The van der Waals surface area contributed by atoms with Gasteiger partial charge in [0.15, 0.2) is 0 Å². The number of hydrogen-bond donors (Lipinski definition) is 2. The van der Waals surface area contributed by atoms with Crippen molar-refractivity contribution in [3.8, 4) is 11.5 Å². The van der Waals surface area contributed by atoms with Crippen LogP contribution in [-0.4, -0.2) is 36.9 Å². The van der Waals surface area contributed by atoms with Gasteiger partial charge in [-0.15, -0.1) is 24.3 Å². The zero-order valence-electron chi connectivity index (χ0n) is 42.5. The van der Waals surface area contributed by atoms with Gasteiger partial charge in [-0.2, -0.15) is 49.2 Å². The molecule has 0 bridgehead atoms. The van der Waals surface area contributed by atoms with E-state index >= 15 is 0 Å². The molecule has 1 heterocycles. The number of phenolic OH excluding ortho intramolecular Hbond substituents is 2. The Hall–Kier alpha value is -1.93. The van der Waals surface area contributed by atoms with Gasteiger partial charge < -0.3 is 0 Å². The molecule has 0 amide bonds. The molecule has 4 aromatic carbocycles. The molecule has 2 nitrogen and oxygen atoms in total. The third kappa shape index (κ3) is 13.8. The minimum Gasteiger partial charge on any atom is -0.199 e. The van der Waals surface area contributed by atoms with E-state index in [9.17, 15) is 10.2 Å². The molecule has 7 heteroatoms. The van der Waals surface area contributed by atoms with E-state index in [1.165, 1.54) is 71.2 Å². The van der Waals surface area contributed by atoms with Crippen molar-refractivity contribution in [1.82, 2.24) is 0 Å². The van der Waals surface area contributed by atoms with Crippen molar-refractivity contribution >= 4 is 42.5 Å². The van der Waals surface area contributed by atoms with Crippen LogP contribution in [0.4, 0.5) is 0 Å². The Kier molecular flexibility index (Phi) is 18.2. The summed E-state index contributed by atoms with van der Waals surface area (Å²) < 4.78 is 0. The molecular weight excluding hydrogens is 873 g/mol. The van der Waals surface area contributed by atoms with E-state index in [2.05, 4.69) is 147 Å². The molecule has 1 aliphatic carbocycles. The molecule has 2 N–H and O–H groups in total. The Morgan fingerprint density at radius 3 is 1.10 bits per heavy atom. The van der Waals surface area contributed by atoms with Crippen molar-refractivity contribution in [2.75, 3.05) is 0 Å². The summed E-state index contributed by atoms with van der Waals surface area (Å²) in [5.74, 6) is 3.38. The Balaban J connectivity index is 0.000000523. The summed E-state index contributed by atoms with van der Waals surface area (Å²) in [7, 11) is -3.25. The SMILES string of the molecule is CC(C)(C)c1cc(C[S]2=[Ti]=[S@@](Cc3cc(C(C)(C)C)cc([Si](C)(C)C(C)(C)C)c3O)C3CCCCCC[C@@H]32)c(O)c([Si](C)(C)C(C)(C)C)c1.[CH2-]c1ccccc1.[CH2-]c1ccccc1. The number of aromatic hydroxyl groups is 2. The molecule has 6 rings (SSSR count). The van der Waals surface area contributed by atoms with Gasteiger partial charge >= 0.3 is 317 Å². The molecule has 0 radical (unpaired) electrons. The van der Waals surface area contributed by atoms with Crippen LogP contribution in [-0.2, 0) is 37.8 Å². The summed E-state index contributed by atoms with van der Waals surface area (Å²) >= 11 is -0.272. The number of rotatable bonds is 6. The maximum atomic E-state index is 12.2. The fraction of sp³-hybridized carbons (Fsp3) is 0.536. The van der Waals surface area contributed by atoms with Gasteiger partial charge in [0.2, 0.25) is 0 Å². The molecule has 63 heavy (non-hydrogen) atoms. The number of fused-ring (bicyclic) bond motifs is 1. The van der Waals surface area contributed by atoms with E-state index < -0.39 is 16.1 Å². The third-order valence-corrected chi connectivity index (χ3v) is 41.5. The van der Waals surface area contributed by atoms with Crippen LogP contribution in [0.1, 0.15) is 155 Å². The van der Waals surface area contributed by atoms with Crippen molar-refractivity contribution in [3.05, 3.63) is 132 Å². The molecule has 0 spiro atoms. The van der Waals surface area contributed by atoms with E-state index in [4.69, 9.17) is 0 Å². The van der Waals surface area contributed by atoms with Gasteiger partial charge in [0.1, 0.15) is 0 Å². The molecule has 1 fully saturated rings. The quantitative estimate of drug-likeness (QED) is 0.149. The molecule has 4 aromatic rings. The second kappa shape index (κ2) is 21.4. The maximum absolute atomic E-state index is 12.2. The summed E-state index contributed by atoms with van der Waals surface area (Å²) in [5, 5.41) is 28.8. The maximum Gasteiger partial charge on any atom is -0.0866 e. The Bertz CT molecular complexity index is 2060. The molecule has 4 atom stereocenters. The fourth-order valence-electron chi connectivity index (χ4n) is 8.13. The largest absolute Gasteiger partial charge is 0.199 e. The van der Waals surface area contributed by atoms with Crippen LogP contribution in [0.3, 0.4) is 0 Å². The van der Waals surface area contributed by atoms with E-state index in [0.717, 1.165) is 33.1 Å². The minimum atomic E-state index is -1.96. The van der Waals surface area contributed by atoms with E-state index in [1.807, 2.05) is 60.7 Å². The summed E-state index contributed by atoms with van der Waals surface area (Å²) in [6.07, 6.45) is 8.18. The van der Waals surface area contributed by atoms with Crippen molar-refractivity contribution in [3.63, 3.8) is 0 Å². The molecular formula is C56H86O2S2Si2Ti-2. The molecule has 1 aliphatic heterocycles. The van der Waals surface area contributed by atoms with Gasteiger partial charge in [-0.1, -0.05) is 12.1 Å². The van der Waals surface area contributed by atoms with Gasteiger partial charge in [0, 0.05) is 0 Å². The summed E-state index contributed by atoms with van der Waals surface area (Å²) in [6.45, 7) is 45.5. The first-order valence-electron chi connectivity index (χ1n) is 23.6. The van der Waals surface area contributed by atoms with Gasteiger partial charge in [-0.05, 0) is 0 Å². The fourth-order valence-corrected chi connectivity index (χ4v) is 33.1. The second-order valence-electron chi connectivity index (χ2n) is 23.6. The molecule has 2 aliphatic rings. The zero-order valence-corrected chi connectivity index (χ0v) is 47.7. The van der Waals surface area contributed by atoms with Crippen molar-refractivity contribution in [2.45, 2.75) is 191 Å². The molecule has 348 valence electrons. The van der Waals surface area contributed by atoms with Crippen LogP contribution in [0.2, 0.25) is 36.3 Å². The Morgan fingerprint density at radius 1 is 0.524 bits per heavy atom. The first kappa shape index (κ1) is 53.7. The molecule has 2 unspecified atom stereocenters. The standard InChI is InChI=1S/C42H72O2S2Si2.2C7H7.Ti/c1-39(2,3)31-23-29(37(43)35(25-31)47(13,14)41(7,8)9)27-45-33-21-19-17-18-20-22-34(33)46-28-30-24-32(40(4,5)6)26-36(38(30)44)48(15,16)42(10,11)12;2*1-7-5-3-2-4-6-7;/h23-26,33-34,43-44H,17-22,27-28H2,1-16H3;2*2-6H,1H2;/q;2*-1;/t33-,34?;;;/m0.../s1. The van der Waals surface area contributed by atoms with E-state index in [0.29, 0.717) is 27.4 Å². The predicted molar refractivity (Wildman–Crippen MR) is 287 cm³/mol. The average molecular weight is 959 g/mol. The normalized spacial score (nSPS) is 19.7. The minimum absolute atomic E-state index is 0.0408. The molecule has 1 saturated carbocycles. The molecule has 0 saturated heterocycles. The summed E-state index contributed by atoms with van der Waals surface area (Å²) in [5.41, 5.74) is 7.48. The monoisotopic (exact) mass is 959 g/mol. The third-order valence-electron chi connectivity index (χ3n) is 14.6. The van der Waals surface area contributed by atoms with Crippen molar-refractivity contribution in [2.24, 2.45) is 0 Å². The second-order valence-corrected chi connectivity index (χ2v) is 45.6. The van der Waals surface area contributed by atoms with Gasteiger partial charge in [0.25, 0.3) is 0 Å². The average Bonchev–Trinajstić information content (AvgIpc) is 3.45. The smallest absolute Gasteiger partial charge is 0.0866 e. The van der Waals surface area contributed by atoms with Crippen LogP contribution < -0.4 is 10.4 Å². The summed E-state index contributed by atoms with van der Waals surface area (Å²) in [6, 6.07) is 29.3. The Labute approximate surface area is 399 Å². The van der Waals surface area contributed by atoms with Crippen LogP contribution in [0.25, 0.3) is 0 Å². The van der Waals surface area contributed by atoms with E-state index in [-0.39, 0.29) is 36.4 Å². The first-order chi connectivity index (χ1) is 29.0. The van der Waals surface area contributed by atoms with Crippen molar-refractivity contribution in [1.29, 1.82) is 0 Å². The summed E-state index contributed by atoms with van der Waals surface area (Å²) in [4.78, 5) is 0. The van der Waals surface area contributed by atoms with Crippen LogP contribution >= 0.6 is 15.9 Å². The van der Waals surface area contributed by atoms with Gasteiger partial charge in [-0.25, -0.2) is 0 Å². The van der Waals surface area contributed by atoms with Crippen LogP contribution in [0, 0.1) is 13.8 Å². The first-order valence-corrected chi connectivity index (χ1v) is 36.3. The predicted octanol–water partition coefficient (Wildman–Crippen LogP) is 16.1. The van der Waals surface area contributed by atoms with Crippen molar-refractivity contribution < 1.29 is 25.7 Å². The molecule has 0 aromatic heterocycles.